The minimum absolute atomic E-state index is 0.618. The van der Waals surface area contributed by atoms with E-state index in [9.17, 15) is 0 Å². The number of ether oxygens (including phenoxy) is 1. The van der Waals surface area contributed by atoms with Gasteiger partial charge >= 0.3 is 0 Å². The summed E-state index contributed by atoms with van der Waals surface area (Å²) in [6.07, 6.45) is 6.21. The molecule has 2 heterocycles. The first-order chi connectivity index (χ1) is 10.8. The second kappa shape index (κ2) is 6.41. The van der Waals surface area contributed by atoms with Gasteiger partial charge in [-0.2, -0.15) is 5.10 Å². The summed E-state index contributed by atoms with van der Waals surface area (Å²) in [6, 6.07) is 10.0. The van der Waals surface area contributed by atoms with Crippen molar-refractivity contribution >= 4 is 0 Å². The van der Waals surface area contributed by atoms with Crippen molar-refractivity contribution in [2.24, 2.45) is 5.73 Å². The third-order valence-electron chi connectivity index (χ3n) is 3.58. The second-order valence-corrected chi connectivity index (χ2v) is 4.97. The van der Waals surface area contributed by atoms with Crippen molar-refractivity contribution in [3.05, 3.63) is 54.5 Å². The molecule has 5 heteroatoms. The Morgan fingerprint density at radius 2 is 2.09 bits per heavy atom. The average Bonchev–Trinajstić information content (AvgIpc) is 3.05. The van der Waals surface area contributed by atoms with Gasteiger partial charge in [0.1, 0.15) is 5.75 Å². The highest BCUT2D eigenvalue weighted by Gasteiger charge is 2.14. The van der Waals surface area contributed by atoms with E-state index in [1.807, 2.05) is 36.7 Å². The minimum Gasteiger partial charge on any atom is -0.496 e. The Morgan fingerprint density at radius 1 is 1.18 bits per heavy atom. The zero-order chi connectivity index (χ0) is 15.4. The molecule has 0 spiro atoms. The number of nitrogens with zero attached hydrogens (tertiary/aromatic N) is 2. The monoisotopic (exact) mass is 294 g/mol. The van der Waals surface area contributed by atoms with Crippen molar-refractivity contribution in [3.8, 4) is 28.1 Å². The fraction of sp³-hybridized carbons (Fsp3) is 0.176. The standard InChI is InChI=1S/C17H18N4O/c1-22-16-5-4-12(6-7-18)9-14(16)15-11-20-21-17(15)13-3-2-8-19-10-13/h2-5,8-11H,6-7,18H2,1H3,(H,20,21). The van der Waals surface area contributed by atoms with Crippen molar-refractivity contribution in [2.75, 3.05) is 13.7 Å². The van der Waals surface area contributed by atoms with Crippen LogP contribution in [0.15, 0.2) is 48.9 Å². The van der Waals surface area contributed by atoms with E-state index in [-0.39, 0.29) is 0 Å². The molecule has 0 atom stereocenters. The lowest BCUT2D eigenvalue weighted by molar-refractivity contribution is 0.416. The zero-order valence-electron chi connectivity index (χ0n) is 12.4. The first kappa shape index (κ1) is 14.3. The van der Waals surface area contributed by atoms with Crippen molar-refractivity contribution in [3.63, 3.8) is 0 Å². The number of rotatable bonds is 5. The smallest absolute Gasteiger partial charge is 0.126 e. The molecule has 1 aromatic carbocycles. The molecular weight excluding hydrogens is 276 g/mol. The van der Waals surface area contributed by atoms with E-state index in [2.05, 4.69) is 21.2 Å². The van der Waals surface area contributed by atoms with Crippen LogP contribution in [0.1, 0.15) is 5.56 Å². The van der Waals surface area contributed by atoms with Crippen LogP contribution in [0.4, 0.5) is 0 Å². The minimum atomic E-state index is 0.618. The van der Waals surface area contributed by atoms with Crippen molar-refractivity contribution in [2.45, 2.75) is 6.42 Å². The third-order valence-corrected chi connectivity index (χ3v) is 3.58. The van der Waals surface area contributed by atoms with Crippen LogP contribution in [0.25, 0.3) is 22.4 Å². The van der Waals surface area contributed by atoms with Gasteiger partial charge in [-0.05, 0) is 42.8 Å². The summed E-state index contributed by atoms with van der Waals surface area (Å²) in [5.41, 5.74) is 10.7. The topological polar surface area (TPSA) is 76.8 Å². The van der Waals surface area contributed by atoms with E-state index in [0.717, 1.165) is 34.6 Å². The van der Waals surface area contributed by atoms with E-state index in [1.165, 1.54) is 5.56 Å². The summed E-state index contributed by atoms with van der Waals surface area (Å²) in [6.45, 7) is 0.618. The maximum atomic E-state index is 5.66. The molecule has 0 saturated carbocycles. The molecule has 5 nitrogen and oxygen atoms in total. The lowest BCUT2D eigenvalue weighted by atomic mass is 9.99. The molecule has 3 aromatic rings. The quantitative estimate of drug-likeness (QED) is 0.758. The Balaban J connectivity index is 2.12. The SMILES string of the molecule is COc1ccc(CCN)cc1-c1cn[nH]c1-c1cccnc1. The fourth-order valence-electron chi connectivity index (χ4n) is 2.51. The molecule has 0 aliphatic rings. The number of pyridine rings is 1. The summed E-state index contributed by atoms with van der Waals surface area (Å²) in [5.74, 6) is 0.812. The first-order valence-corrected chi connectivity index (χ1v) is 7.14. The molecule has 0 aliphatic carbocycles. The first-order valence-electron chi connectivity index (χ1n) is 7.14. The molecular formula is C17H18N4O. The molecule has 0 bridgehead atoms. The Kier molecular flexibility index (Phi) is 4.16. The molecule has 0 radical (unpaired) electrons. The highest BCUT2D eigenvalue weighted by molar-refractivity contribution is 5.83. The highest BCUT2D eigenvalue weighted by Crippen LogP contribution is 2.36. The van der Waals surface area contributed by atoms with Gasteiger partial charge in [-0.25, -0.2) is 0 Å². The van der Waals surface area contributed by atoms with Crippen molar-refractivity contribution in [1.82, 2.24) is 15.2 Å². The number of nitrogens with two attached hydrogens (primary N) is 1. The van der Waals surface area contributed by atoms with Gasteiger partial charge in [-0.1, -0.05) is 6.07 Å². The molecule has 112 valence electrons. The van der Waals surface area contributed by atoms with E-state index in [4.69, 9.17) is 10.5 Å². The number of aromatic nitrogens is 3. The summed E-state index contributed by atoms with van der Waals surface area (Å²) < 4.78 is 5.50. The van der Waals surface area contributed by atoms with Crippen LogP contribution in [0.3, 0.4) is 0 Å². The van der Waals surface area contributed by atoms with Gasteiger partial charge in [-0.15, -0.1) is 0 Å². The number of hydrogen-bond donors (Lipinski definition) is 2. The van der Waals surface area contributed by atoms with Gasteiger partial charge in [0.05, 0.1) is 19.0 Å². The molecule has 0 unspecified atom stereocenters. The third kappa shape index (κ3) is 2.71. The van der Waals surface area contributed by atoms with Gasteiger partial charge in [0.2, 0.25) is 0 Å². The van der Waals surface area contributed by atoms with Gasteiger partial charge in [-0.3, -0.25) is 10.1 Å². The second-order valence-electron chi connectivity index (χ2n) is 4.97. The van der Waals surface area contributed by atoms with Crippen molar-refractivity contribution < 1.29 is 4.74 Å². The summed E-state index contributed by atoms with van der Waals surface area (Å²) in [5, 5.41) is 7.25. The summed E-state index contributed by atoms with van der Waals surface area (Å²) in [4.78, 5) is 4.17. The largest absolute Gasteiger partial charge is 0.496 e. The Labute approximate surface area is 129 Å². The van der Waals surface area contributed by atoms with Gasteiger partial charge in [0.25, 0.3) is 0 Å². The van der Waals surface area contributed by atoms with Crippen LogP contribution >= 0.6 is 0 Å². The van der Waals surface area contributed by atoms with E-state index >= 15 is 0 Å². The lowest BCUT2D eigenvalue weighted by Crippen LogP contribution is -2.03. The Morgan fingerprint density at radius 3 is 2.82 bits per heavy atom. The molecule has 2 aromatic heterocycles. The van der Waals surface area contributed by atoms with E-state index < -0.39 is 0 Å². The van der Waals surface area contributed by atoms with Gasteiger partial charge in [0.15, 0.2) is 0 Å². The number of H-pyrrole nitrogens is 1. The van der Waals surface area contributed by atoms with Gasteiger partial charge in [0, 0.05) is 29.1 Å². The molecule has 0 amide bonds. The van der Waals surface area contributed by atoms with Crippen LogP contribution in [0.2, 0.25) is 0 Å². The van der Waals surface area contributed by atoms with E-state index in [1.54, 1.807) is 13.3 Å². The normalized spacial score (nSPS) is 10.6. The maximum absolute atomic E-state index is 5.66. The van der Waals surface area contributed by atoms with Crippen LogP contribution in [-0.2, 0) is 6.42 Å². The number of nitrogens with one attached hydrogen (secondary N) is 1. The molecule has 3 N–H and O–H groups in total. The number of hydrogen-bond acceptors (Lipinski definition) is 4. The van der Waals surface area contributed by atoms with Crippen LogP contribution < -0.4 is 10.5 Å². The summed E-state index contributed by atoms with van der Waals surface area (Å²) >= 11 is 0. The van der Waals surface area contributed by atoms with E-state index in [0.29, 0.717) is 6.54 Å². The van der Waals surface area contributed by atoms with Crippen LogP contribution in [-0.4, -0.2) is 28.8 Å². The van der Waals surface area contributed by atoms with Crippen molar-refractivity contribution in [1.29, 1.82) is 0 Å². The number of aromatic amines is 1. The van der Waals surface area contributed by atoms with Gasteiger partial charge < -0.3 is 10.5 Å². The molecule has 0 fully saturated rings. The Hall–Kier alpha value is -2.66. The molecule has 22 heavy (non-hydrogen) atoms. The van der Waals surface area contributed by atoms with Crippen LogP contribution in [0.5, 0.6) is 5.75 Å². The van der Waals surface area contributed by atoms with Crippen LogP contribution in [0, 0.1) is 0 Å². The predicted molar refractivity (Wildman–Crippen MR) is 86.6 cm³/mol. The predicted octanol–water partition coefficient (Wildman–Crippen LogP) is 2.65. The zero-order valence-corrected chi connectivity index (χ0v) is 12.4. The number of methoxy groups -OCH3 is 1. The molecule has 0 saturated heterocycles. The fourth-order valence-corrected chi connectivity index (χ4v) is 2.51. The molecule has 0 aliphatic heterocycles. The highest BCUT2D eigenvalue weighted by atomic mass is 16.5. The average molecular weight is 294 g/mol. The summed E-state index contributed by atoms with van der Waals surface area (Å²) in [7, 11) is 1.67. The maximum Gasteiger partial charge on any atom is 0.126 e. The Bertz CT molecular complexity index is 752. The number of benzene rings is 1. The lowest BCUT2D eigenvalue weighted by Gasteiger charge is -2.11. The molecule has 3 rings (SSSR count).